The lowest BCUT2D eigenvalue weighted by Crippen LogP contribution is -1.96. The van der Waals surface area contributed by atoms with Gasteiger partial charge in [-0.05, 0) is 47.5 Å². The topological polar surface area (TPSA) is 68.1 Å². The zero-order valence-corrected chi connectivity index (χ0v) is 21.9. The Morgan fingerprint density at radius 1 is 0.686 bits per heavy atom. The predicted molar refractivity (Wildman–Crippen MR) is 145 cm³/mol. The first-order valence-corrected chi connectivity index (χ1v) is 12.2. The number of nitrogens with zero attached hydrogens (tertiary/aromatic N) is 1. The van der Waals surface area contributed by atoms with Crippen molar-refractivity contribution in [2.24, 2.45) is 5.16 Å². The van der Waals surface area contributed by atoms with Crippen LogP contribution in [0.5, 0.6) is 11.5 Å². The minimum absolute atomic E-state index is 0.496. The summed E-state index contributed by atoms with van der Waals surface area (Å²) < 4.78 is 13.0. The molecule has 0 fully saturated rings. The van der Waals surface area contributed by atoms with Crippen LogP contribution in [0.3, 0.4) is 0 Å². The maximum Gasteiger partial charge on any atom is 0.150 e. The van der Waals surface area contributed by atoms with Gasteiger partial charge < -0.3 is 14.7 Å². The molecule has 0 aliphatic rings. The summed E-state index contributed by atoms with van der Waals surface area (Å²) in [5.74, 6) is 1.41. The number of aldehydes is 1. The fraction of sp³-hybridized carbons (Fsp3) is 0.0714. The molecule has 5 nitrogen and oxygen atoms in total. The van der Waals surface area contributed by atoms with Crippen LogP contribution >= 0.6 is 31.9 Å². The third-order valence-corrected chi connectivity index (χ3v) is 5.54. The third-order valence-electron chi connectivity index (χ3n) is 4.63. The number of hydrogen-bond donors (Lipinski definition) is 1. The van der Waals surface area contributed by atoms with Crippen LogP contribution in [-0.4, -0.2) is 17.7 Å². The van der Waals surface area contributed by atoms with Crippen LogP contribution in [0.15, 0.2) is 111 Å². The zero-order valence-electron chi connectivity index (χ0n) is 18.7. The van der Waals surface area contributed by atoms with Gasteiger partial charge in [0.1, 0.15) is 31.0 Å². The molecule has 35 heavy (non-hydrogen) atoms. The molecule has 0 saturated carbocycles. The molecule has 0 amide bonds. The molecule has 4 aromatic rings. The van der Waals surface area contributed by atoms with Gasteiger partial charge in [0, 0.05) is 20.1 Å². The molecule has 0 aliphatic heterocycles. The molecule has 1 N–H and O–H groups in total. The number of ether oxygens (including phenoxy) is 2. The predicted octanol–water partition coefficient (Wildman–Crippen LogP) is 7.68. The van der Waals surface area contributed by atoms with E-state index < -0.39 is 0 Å². The Morgan fingerprint density at radius 3 is 1.60 bits per heavy atom. The van der Waals surface area contributed by atoms with Gasteiger partial charge in [0.2, 0.25) is 0 Å². The van der Waals surface area contributed by atoms with E-state index in [2.05, 4.69) is 37.0 Å². The molecule has 4 rings (SSSR count). The highest BCUT2D eigenvalue weighted by Crippen LogP contribution is 2.22. The molecule has 0 spiro atoms. The Bertz CT molecular complexity index is 1250. The summed E-state index contributed by atoms with van der Waals surface area (Å²) in [4.78, 5) is 10.7. The second kappa shape index (κ2) is 14.1. The summed E-state index contributed by atoms with van der Waals surface area (Å²) in [6.45, 7) is 1.00. The van der Waals surface area contributed by atoms with Crippen molar-refractivity contribution in [2.45, 2.75) is 13.2 Å². The van der Waals surface area contributed by atoms with E-state index in [0.29, 0.717) is 24.5 Å². The van der Waals surface area contributed by atoms with Gasteiger partial charge in [-0.1, -0.05) is 97.7 Å². The maximum atomic E-state index is 10.7. The average molecular weight is 597 g/mol. The molecule has 7 heteroatoms. The molecular weight excluding hydrogens is 574 g/mol. The van der Waals surface area contributed by atoms with E-state index in [4.69, 9.17) is 14.7 Å². The van der Waals surface area contributed by atoms with Gasteiger partial charge in [-0.25, -0.2) is 0 Å². The first kappa shape index (κ1) is 26.2. The minimum atomic E-state index is 0.496. The monoisotopic (exact) mass is 595 g/mol. The normalized spacial score (nSPS) is 10.3. The fourth-order valence-corrected chi connectivity index (χ4v) is 4.01. The number of halogens is 2. The van der Waals surface area contributed by atoms with Crippen LogP contribution in [0.1, 0.15) is 27.0 Å². The van der Waals surface area contributed by atoms with E-state index in [1.54, 1.807) is 12.1 Å². The summed E-state index contributed by atoms with van der Waals surface area (Å²) >= 11 is 6.73. The van der Waals surface area contributed by atoms with E-state index >= 15 is 0 Å². The highest BCUT2D eigenvalue weighted by atomic mass is 79.9. The van der Waals surface area contributed by atoms with E-state index in [9.17, 15) is 4.79 Å². The molecular formula is C28H23Br2NO4. The van der Waals surface area contributed by atoms with Crippen molar-refractivity contribution in [2.75, 3.05) is 0 Å². The van der Waals surface area contributed by atoms with Crippen molar-refractivity contribution in [3.8, 4) is 11.5 Å². The molecule has 0 radical (unpaired) electrons. The fourth-order valence-electron chi connectivity index (χ4n) is 3.03. The number of hydrogen-bond acceptors (Lipinski definition) is 5. The number of oxime groups is 1. The van der Waals surface area contributed by atoms with Crippen LogP contribution in [0.25, 0.3) is 0 Å². The van der Waals surface area contributed by atoms with Gasteiger partial charge >= 0.3 is 0 Å². The Hall–Kier alpha value is -3.42. The van der Waals surface area contributed by atoms with Crippen molar-refractivity contribution >= 4 is 44.4 Å². The van der Waals surface area contributed by atoms with E-state index in [-0.39, 0.29) is 0 Å². The van der Waals surface area contributed by atoms with Crippen molar-refractivity contribution in [3.05, 3.63) is 128 Å². The standard InChI is InChI=1S/C14H12BrNO2.C14H11BrO2/c15-13-6-12(9-16-17)7-14(8-13)18-10-11-4-2-1-3-5-11;15-13-6-12(9-16)7-14(8-13)17-10-11-4-2-1-3-5-11/h1-9,17H,10H2;1-9H,10H2/b16-9+;. The number of carbonyl (C=O) groups excluding carboxylic acids is 1. The lowest BCUT2D eigenvalue weighted by molar-refractivity contribution is 0.112. The lowest BCUT2D eigenvalue weighted by Gasteiger charge is -2.07. The van der Waals surface area contributed by atoms with Crippen molar-refractivity contribution < 1.29 is 19.5 Å². The van der Waals surface area contributed by atoms with Crippen molar-refractivity contribution in [1.82, 2.24) is 0 Å². The summed E-state index contributed by atoms with van der Waals surface area (Å²) in [6, 6.07) is 30.7. The highest BCUT2D eigenvalue weighted by molar-refractivity contribution is 9.10. The Labute approximate surface area is 221 Å². The lowest BCUT2D eigenvalue weighted by atomic mass is 10.2. The second-order valence-corrected chi connectivity index (χ2v) is 9.18. The van der Waals surface area contributed by atoms with Gasteiger partial charge in [0.15, 0.2) is 0 Å². The Balaban J connectivity index is 0.000000196. The average Bonchev–Trinajstić information content (AvgIpc) is 2.87. The second-order valence-electron chi connectivity index (χ2n) is 7.35. The summed E-state index contributed by atoms with van der Waals surface area (Å²) in [6.07, 6.45) is 2.17. The smallest absolute Gasteiger partial charge is 0.150 e. The Kier molecular flexibility index (Phi) is 10.5. The maximum absolute atomic E-state index is 10.7. The first-order valence-electron chi connectivity index (χ1n) is 10.6. The van der Waals surface area contributed by atoms with Gasteiger partial charge in [-0.2, -0.15) is 0 Å². The molecule has 0 atom stereocenters. The Morgan fingerprint density at radius 2 is 1.14 bits per heavy atom. The molecule has 0 heterocycles. The third kappa shape index (κ3) is 9.39. The molecule has 0 aromatic heterocycles. The van der Waals surface area contributed by atoms with Gasteiger partial charge in [-0.3, -0.25) is 4.79 Å². The summed E-state index contributed by atoms with van der Waals surface area (Å²) in [7, 11) is 0. The quantitative estimate of drug-likeness (QED) is 0.0980. The number of benzene rings is 4. The van der Waals surface area contributed by atoms with Gasteiger partial charge in [0.05, 0.1) is 6.21 Å². The van der Waals surface area contributed by atoms with Crippen molar-refractivity contribution in [3.63, 3.8) is 0 Å². The van der Waals surface area contributed by atoms with Crippen molar-refractivity contribution in [1.29, 1.82) is 0 Å². The molecule has 0 unspecified atom stereocenters. The van der Waals surface area contributed by atoms with E-state index in [1.165, 1.54) is 6.21 Å². The van der Waals surface area contributed by atoms with Crippen LogP contribution in [0, 0.1) is 0 Å². The number of rotatable bonds is 8. The first-order chi connectivity index (χ1) is 17.1. The molecule has 0 aliphatic carbocycles. The van der Waals surface area contributed by atoms with Crippen LogP contribution in [-0.2, 0) is 13.2 Å². The molecule has 0 saturated heterocycles. The molecule has 178 valence electrons. The van der Waals surface area contributed by atoms with Crippen LogP contribution < -0.4 is 9.47 Å². The highest BCUT2D eigenvalue weighted by Gasteiger charge is 2.01. The van der Waals surface area contributed by atoms with Crippen LogP contribution in [0.4, 0.5) is 0 Å². The summed E-state index contributed by atoms with van der Waals surface area (Å²) in [5.41, 5.74) is 3.58. The van der Waals surface area contributed by atoms with E-state index in [0.717, 1.165) is 37.7 Å². The minimum Gasteiger partial charge on any atom is -0.489 e. The SMILES string of the molecule is O/N=C/c1cc(Br)cc(OCc2ccccc2)c1.O=Cc1cc(Br)cc(OCc2ccccc2)c1. The van der Waals surface area contributed by atoms with E-state index in [1.807, 2.05) is 84.9 Å². The largest absolute Gasteiger partial charge is 0.489 e. The van der Waals surface area contributed by atoms with Gasteiger partial charge in [-0.15, -0.1) is 0 Å². The van der Waals surface area contributed by atoms with Gasteiger partial charge in [0.25, 0.3) is 0 Å². The molecule has 4 aromatic carbocycles. The zero-order chi connectivity index (χ0) is 24.9. The number of carbonyl (C=O) groups is 1. The molecule has 0 bridgehead atoms. The van der Waals surface area contributed by atoms with Crippen LogP contribution in [0.2, 0.25) is 0 Å². The summed E-state index contributed by atoms with van der Waals surface area (Å²) in [5, 5.41) is 11.5.